The van der Waals surface area contributed by atoms with Gasteiger partial charge in [0.2, 0.25) is 0 Å². The Kier molecular flexibility index (Phi) is 7.02. The number of rotatable bonds is 8. The van der Waals surface area contributed by atoms with Gasteiger partial charge < -0.3 is 15.2 Å². The number of ether oxygens (including phenoxy) is 1. The van der Waals surface area contributed by atoms with E-state index < -0.39 is 24.3 Å². The molecule has 0 aliphatic carbocycles. The summed E-state index contributed by atoms with van der Waals surface area (Å²) in [4.78, 5) is 23.9. The molecule has 1 amide bonds. The number of hydrogen-bond acceptors (Lipinski definition) is 4. The number of benzene rings is 1. The summed E-state index contributed by atoms with van der Waals surface area (Å²) >= 11 is 0. The predicted molar refractivity (Wildman–Crippen MR) is 74.8 cm³/mol. The highest BCUT2D eigenvalue weighted by molar-refractivity contribution is 5.87. The molecule has 0 saturated carbocycles. The van der Waals surface area contributed by atoms with Crippen molar-refractivity contribution in [3.8, 4) is 0 Å². The van der Waals surface area contributed by atoms with Crippen LogP contribution in [-0.4, -0.2) is 35.9 Å². The summed E-state index contributed by atoms with van der Waals surface area (Å²) in [5, 5.41) is 13.7. The first-order chi connectivity index (χ1) is 11.2. The fourth-order valence-electron chi connectivity index (χ4n) is 1.58. The van der Waals surface area contributed by atoms with Crippen LogP contribution in [0.3, 0.4) is 0 Å². The summed E-state index contributed by atoms with van der Waals surface area (Å²) in [7, 11) is 0. The molecule has 0 heterocycles. The maximum absolute atomic E-state index is 12.0. The Hall–Kier alpha value is -2.78. The van der Waals surface area contributed by atoms with Crippen molar-refractivity contribution in [1.82, 2.24) is 5.32 Å². The van der Waals surface area contributed by atoms with Gasteiger partial charge in [0.15, 0.2) is 0 Å². The number of carbonyl (C=O) groups is 2. The normalized spacial score (nSPS) is 12.1. The number of azide groups is 1. The molecule has 11 heteroatoms. The molecular formula is C13H13F3N4O4. The molecule has 0 aliphatic heterocycles. The number of hydrogen-bond donors (Lipinski definition) is 2. The number of aromatic carboxylic acids is 1. The van der Waals surface area contributed by atoms with E-state index in [9.17, 15) is 22.8 Å². The quantitative estimate of drug-likeness (QED) is 0.426. The first-order valence-corrected chi connectivity index (χ1v) is 6.57. The fourth-order valence-corrected chi connectivity index (χ4v) is 1.58. The average Bonchev–Trinajstić information content (AvgIpc) is 2.51. The molecule has 1 rings (SSSR count). The van der Waals surface area contributed by atoms with Crippen molar-refractivity contribution in [2.75, 3.05) is 6.54 Å². The molecule has 0 bridgehead atoms. The zero-order valence-corrected chi connectivity index (χ0v) is 12.2. The van der Waals surface area contributed by atoms with Crippen LogP contribution in [0.15, 0.2) is 29.4 Å². The highest BCUT2D eigenvalue weighted by atomic mass is 19.4. The molecule has 0 aliphatic rings. The van der Waals surface area contributed by atoms with Crippen LogP contribution in [0.5, 0.6) is 0 Å². The summed E-state index contributed by atoms with van der Waals surface area (Å²) in [5.74, 6) is -3.18. The molecule has 8 nitrogen and oxygen atoms in total. The summed E-state index contributed by atoms with van der Waals surface area (Å²) in [6, 6.07) is 5.68. The molecule has 1 atom stereocenters. The molecule has 2 N–H and O–H groups in total. The van der Waals surface area contributed by atoms with E-state index in [1.807, 2.05) is 0 Å². The molecule has 0 fully saturated rings. The minimum absolute atomic E-state index is 0.0448. The Labute approximate surface area is 133 Å². The third kappa shape index (κ3) is 6.55. The van der Waals surface area contributed by atoms with E-state index >= 15 is 0 Å². The summed E-state index contributed by atoms with van der Waals surface area (Å²) in [6.07, 6.45) is -6.22. The number of halogens is 3. The smallest absolute Gasteiger partial charge is 0.471 e. The maximum Gasteiger partial charge on any atom is 0.471 e. The lowest BCUT2D eigenvalue weighted by molar-refractivity contribution is -0.173. The van der Waals surface area contributed by atoms with Crippen molar-refractivity contribution >= 4 is 11.9 Å². The topological polar surface area (TPSA) is 124 Å². The number of carboxylic acid groups (broad SMARTS) is 1. The van der Waals surface area contributed by atoms with Gasteiger partial charge in [-0.1, -0.05) is 17.2 Å². The number of alkyl halides is 3. The molecule has 1 aromatic rings. The molecule has 0 aromatic heterocycles. The van der Waals surface area contributed by atoms with E-state index in [1.165, 1.54) is 24.3 Å². The van der Waals surface area contributed by atoms with Crippen molar-refractivity contribution < 1.29 is 32.6 Å². The van der Waals surface area contributed by atoms with E-state index in [4.69, 9.17) is 15.4 Å². The van der Waals surface area contributed by atoms with Gasteiger partial charge in [-0.15, -0.1) is 0 Å². The zero-order valence-electron chi connectivity index (χ0n) is 12.2. The molecule has 0 radical (unpaired) electrons. The number of nitrogens with zero attached hydrogens (tertiary/aromatic N) is 3. The second-order valence-corrected chi connectivity index (χ2v) is 4.51. The van der Waals surface area contributed by atoms with Crippen LogP contribution < -0.4 is 5.32 Å². The largest absolute Gasteiger partial charge is 0.478 e. The van der Waals surface area contributed by atoms with Gasteiger partial charge in [0.25, 0.3) is 0 Å². The molecular weight excluding hydrogens is 333 g/mol. The highest BCUT2D eigenvalue weighted by Gasteiger charge is 2.38. The average molecular weight is 346 g/mol. The van der Waals surface area contributed by atoms with Crippen LogP contribution in [0, 0.1) is 0 Å². The van der Waals surface area contributed by atoms with Crippen molar-refractivity contribution in [2.45, 2.75) is 25.4 Å². The SMILES string of the molecule is [N-]=[N+]=NC(CCNC(=O)C(F)(F)F)OCc1ccc(C(=O)O)cc1. The Bertz CT molecular complexity index is 627. The van der Waals surface area contributed by atoms with Gasteiger partial charge in [-0.2, -0.15) is 13.2 Å². The number of carbonyl (C=O) groups excluding carboxylic acids is 1. The fraction of sp³-hybridized carbons (Fsp3) is 0.385. The van der Waals surface area contributed by atoms with Crippen molar-refractivity contribution in [3.05, 3.63) is 45.8 Å². The Morgan fingerprint density at radius 2 is 1.96 bits per heavy atom. The third-order valence-corrected chi connectivity index (χ3v) is 2.76. The summed E-state index contributed by atoms with van der Waals surface area (Å²) in [5.41, 5.74) is 9.08. The second-order valence-electron chi connectivity index (χ2n) is 4.51. The number of nitrogens with one attached hydrogen (secondary N) is 1. The van der Waals surface area contributed by atoms with Crippen molar-refractivity contribution in [2.24, 2.45) is 5.11 Å². The molecule has 130 valence electrons. The Balaban J connectivity index is 2.50. The van der Waals surface area contributed by atoms with Crippen LogP contribution in [0.25, 0.3) is 10.4 Å². The minimum Gasteiger partial charge on any atom is -0.478 e. The van der Waals surface area contributed by atoms with E-state index in [0.717, 1.165) is 0 Å². The molecule has 0 spiro atoms. The van der Waals surface area contributed by atoms with Crippen molar-refractivity contribution in [3.63, 3.8) is 0 Å². The Morgan fingerprint density at radius 1 is 1.33 bits per heavy atom. The maximum atomic E-state index is 12.0. The van der Waals surface area contributed by atoms with E-state index in [1.54, 1.807) is 5.32 Å². The lowest BCUT2D eigenvalue weighted by Crippen LogP contribution is -2.38. The predicted octanol–water partition coefficient (Wildman–Crippen LogP) is 2.61. The van der Waals surface area contributed by atoms with Gasteiger partial charge in [0.1, 0.15) is 6.23 Å². The van der Waals surface area contributed by atoms with Gasteiger partial charge in [0.05, 0.1) is 12.2 Å². The van der Waals surface area contributed by atoms with Gasteiger partial charge in [-0.25, -0.2) is 4.79 Å². The molecule has 24 heavy (non-hydrogen) atoms. The van der Waals surface area contributed by atoms with Gasteiger partial charge in [0, 0.05) is 11.5 Å². The second kappa shape index (κ2) is 8.75. The van der Waals surface area contributed by atoms with Crippen LogP contribution >= 0.6 is 0 Å². The van der Waals surface area contributed by atoms with Crippen LogP contribution in [0.4, 0.5) is 13.2 Å². The van der Waals surface area contributed by atoms with Crippen LogP contribution in [0.1, 0.15) is 22.3 Å². The van der Waals surface area contributed by atoms with Gasteiger partial charge in [-0.3, -0.25) is 4.79 Å². The number of amides is 1. The first-order valence-electron chi connectivity index (χ1n) is 6.57. The van der Waals surface area contributed by atoms with E-state index in [2.05, 4.69) is 10.0 Å². The lowest BCUT2D eigenvalue weighted by Gasteiger charge is -2.14. The van der Waals surface area contributed by atoms with Crippen LogP contribution in [0.2, 0.25) is 0 Å². The minimum atomic E-state index is -4.99. The Morgan fingerprint density at radius 3 is 2.46 bits per heavy atom. The summed E-state index contributed by atoms with van der Waals surface area (Å²) in [6.45, 7) is -0.434. The zero-order chi connectivity index (χ0) is 18.2. The van der Waals surface area contributed by atoms with E-state index in [-0.39, 0.29) is 25.1 Å². The lowest BCUT2D eigenvalue weighted by atomic mass is 10.1. The first kappa shape index (κ1) is 19.3. The van der Waals surface area contributed by atoms with E-state index in [0.29, 0.717) is 5.56 Å². The van der Waals surface area contributed by atoms with Crippen molar-refractivity contribution in [1.29, 1.82) is 0 Å². The van der Waals surface area contributed by atoms with Gasteiger partial charge >= 0.3 is 18.1 Å². The standard InChI is InChI=1S/C13H13F3N4O4/c14-13(15,16)12(23)18-6-5-10(19-20-17)24-7-8-1-3-9(4-2-8)11(21)22/h1-4,10H,5-7H2,(H,18,23)(H,21,22). The third-order valence-electron chi connectivity index (χ3n) is 2.76. The molecule has 1 aromatic carbocycles. The molecule has 1 unspecified atom stereocenters. The van der Waals surface area contributed by atoms with Gasteiger partial charge in [-0.05, 0) is 29.6 Å². The number of carboxylic acids is 1. The summed E-state index contributed by atoms with van der Waals surface area (Å²) < 4.78 is 41.3. The molecule has 0 saturated heterocycles. The highest BCUT2D eigenvalue weighted by Crippen LogP contribution is 2.14. The monoisotopic (exact) mass is 346 g/mol. The van der Waals surface area contributed by atoms with Crippen LogP contribution in [-0.2, 0) is 16.1 Å².